The zero-order valence-corrected chi connectivity index (χ0v) is 12.4. The highest BCUT2D eigenvalue weighted by Crippen LogP contribution is 2.20. The minimum absolute atomic E-state index is 0.0831. The standard InChI is InChI=1S/C16H18N2O3/c1-11(19)14-10-13(17-18-16(14)21-3)9-8-12-6-4-5-7-15(12)20-2/h4-7,10H,8-9H2,1-3H3. The van der Waals surface area contributed by atoms with Gasteiger partial charge in [-0.25, -0.2) is 0 Å². The van der Waals surface area contributed by atoms with Crippen LogP contribution in [0.1, 0.15) is 28.5 Å². The molecular weight excluding hydrogens is 268 g/mol. The summed E-state index contributed by atoms with van der Waals surface area (Å²) < 4.78 is 10.4. The first-order valence-corrected chi connectivity index (χ1v) is 6.69. The van der Waals surface area contributed by atoms with Gasteiger partial charge in [0.2, 0.25) is 5.88 Å². The summed E-state index contributed by atoms with van der Waals surface area (Å²) in [4.78, 5) is 11.6. The molecule has 0 aliphatic rings. The highest BCUT2D eigenvalue weighted by atomic mass is 16.5. The van der Waals surface area contributed by atoms with Crippen molar-refractivity contribution in [3.05, 3.63) is 47.2 Å². The van der Waals surface area contributed by atoms with E-state index in [1.807, 2.05) is 24.3 Å². The number of rotatable bonds is 6. The number of ether oxygens (including phenoxy) is 2. The van der Waals surface area contributed by atoms with E-state index in [4.69, 9.17) is 9.47 Å². The molecule has 110 valence electrons. The van der Waals surface area contributed by atoms with Gasteiger partial charge in [0.05, 0.1) is 25.5 Å². The van der Waals surface area contributed by atoms with Crippen LogP contribution in [0, 0.1) is 0 Å². The lowest BCUT2D eigenvalue weighted by Crippen LogP contribution is -2.05. The normalized spacial score (nSPS) is 10.2. The second kappa shape index (κ2) is 6.83. The number of hydrogen-bond donors (Lipinski definition) is 0. The monoisotopic (exact) mass is 286 g/mol. The van der Waals surface area contributed by atoms with Crippen molar-refractivity contribution in [1.29, 1.82) is 0 Å². The van der Waals surface area contributed by atoms with E-state index in [1.165, 1.54) is 14.0 Å². The summed E-state index contributed by atoms with van der Waals surface area (Å²) in [5, 5.41) is 8.04. The molecule has 2 rings (SSSR count). The fourth-order valence-electron chi connectivity index (χ4n) is 2.12. The smallest absolute Gasteiger partial charge is 0.244 e. The van der Waals surface area contributed by atoms with Crippen LogP contribution in [0.15, 0.2) is 30.3 Å². The van der Waals surface area contributed by atoms with Crippen molar-refractivity contribution in [2.45, 2.75) is 19.8 Å². The van der Waals surface area contributed by atoms with Gasteiger partial charge < -0.3 is 9.47 Å². The van der Waals surface area contributed by atoms with Crippen LogP contribution in [0.5, 0.6) is 11.6 Å². The third kappa shape index (κ3) is 3.56. The Balaban J connectivity index is 2.17. The Morgan fingerprint density at radius 1 is 1.10 bits per heavy atom. The van der Waals surface area contributed by atoms with E-state index < -0.39 is 0 Å². The van der Waals surface area contributed by atoms with E-state index in [-0.39, 0.29) is 11.7 Å². The van der Waals surface area contributed by atoms with Gasteiger partial charge in [0, 0.05) is 0 Å². The van der Waals surface area contributed by atoms with Gasteiger partial charge in [0.1, 0.15) is 5.75 Å². The molecule has 5 heteroatoms. The number of hydrogen-bond acceptors (Lipinski definition) is 5. The van der Waals surface area contributed by atoms with Crippen LogP contribution in [0.4, 0.5) is 0 Å². The van der Waals surface area contributed by atoms with Crippen LogP contribution in [0.25, 0.3) is 0 Å². The molecule has 0 fully saturated rings. The summed E-state index contributed by atoms with van der Waals surface area (Å²) >= 11 is 0. The molecule has 0 bridgehead atoms. The van der Waals surface area contributed by atoms with Gasteiger partial charge in [0.15, 0.2) is 5.78 Å². The van der Waals surface area contributed by atoms with Gasteiger partial charge in [-0.3, -0.25) is 4.79 Å². The molecule has 0 aliphatic carbocycles. The van der Waals surface area contributed by atoms with Crippen LogP contribution in [0.2, 0.25) is 0 Å². The molecule has 0 saturated carbocycles. The number of nitrogens with zero attached hydrogens (tertiary/aromatic N) is 2. The largest absolute Gasteiger partial charge is 0.496 e. The highest BCUT2D eigenvalue weighted by molar-refractivity contribution is 5.96. The lowest BCUT2D eigenvalue weighted by Gasteiger charge is -2.09. The lowest BCUT2D eigenvalue weighted by molar-refractivity contribution is 0.101. The number of aromatic nitrogens is 2. The number of ketones is 1. The number of para-hydroxylation sites is 1. The molecule has 0 N–H and O–H groups in total. The van der Waals surface area contributed by atoms with Crippen LogP contribution in [-0.4, -0.2) is 30.2 Å². The Morgan fingerprint density at radius 2 is 1.86 bits per heavy atom. The summed E-state index contributed by atoms with van der Waals surface area (Å²) in [5.41, 5.74) is 2.32. The Labute approximate surface area is 123 Å². The molecule has 2 aromatic rings. The number of carbonyl (C=O) groups excluding carboxylic acids is 1. The Bertz CT molecular complexity index is 641. The van der Waals surface area contributed by atoms with Crippen molar-refractivity contribution in [1.82, 2.24) is 10.2 Å². The van der Waals surface area contributed by atoms with E-state index in [2.05, 4.69) is 10.2 Å². The van der Waals surface area contributed by atoms with Gasteiger partial charge in [-0.2, -0.15) is 5.10 Å². The summed E-state index contributed by atoms with van der Waals surface area (Å²) in [7, 11) is 3.13. The maximum Gasteiger partial charge on any atom is 0.244 e. The molecule has 1 aromatic heterocycles. The number of carbonyl (C=O) groups is 1. The van der Waals surface area contributed by atoms with Crippen LogP contribution >= 0.6 is 0 Å². The minimum atomic E-state index is -0.0831. The molecule has 1 aromatic carbocycles. The third-order valence-corrected chi connectivity index (χ3v) is 3.23. The first-order valence-electron chi connectivity index (χ1n) is 6.69. The molecule has 0 unspecified atom stereocenters. The fourth-order valence-corrected chi connectivity index (χ4v) is 2.12. The fraction of sp³-hybridized carbons (Fsp3) is 0.312. The average molecular weight is 286 g/mol. The van der Waals surface area contributed by atoms with Crippen LogP contribution < -0.4 is 9.47 Å². The molecule has 1 heterocycles. The third-order valence-electron chi connectivity index (χ3n) is 3.23. The first kappa shape index (κ1) is 15.0. The average Bonchev–Trinajstić information content (AvgIpc) is 2.52. The molecule has 5 nitrogen and oxygen atoms in total. The molecular formula is C16H18N2O3. The SMILES string of the molecule is COc1ccccc1CCc1cc(C(C)=O)c(OC)nn1. The first-order chi connectivity index (χ1) is 10.2. The minimum Gasteiger partial charge on any atom is -0.496 e. The predicted molar refractivity (Wildman–Crippen MR) is 79.0 cm³/mol. The Kier molecular flexibility index (Phi) is 4.87. The Morgan fingerprint density at radius 3 is 2.52 bits per heavy atom. The number of aryl methyl sites for hydroxylation is 2. The summed E-state index contributed by atoms with van der Waals surface area (Å²) in [6.07, 6.45) is 1.44. The van der Waals surface area contributed by atoms with Crippen molar-refractivity contribution >= 4 is 5.78 Å². The number of Topliss-reactive ketones (excluding diaryl/α,β-unsaturated/α-hetero) is 1. The summed E-state index contributed by atoms with van der Waals surface area (Å²) in [6, 6.07) is 9.59. The van der Waals surface area contributed by atoms with E-state index in [9.17, 15) is 4.79 Å². The quantitative estimate of drug-likeness (QED) is 0.763. The molecule has 0 spiro atoms. The molecule has 0 amide bonds. The summed E-state index contributed by atoms with van der Waals surface area (Å²) in [6.45, 7) is 1.49. The maximum atomic E-state index is 11.6. The zero-order chi connectivity index (χ0) is 15.2. The molecule has 0 aliphatic heterocycles. The van der Waals surface area contributed by atoms with Gasteiger partial charge in [-0.05, 0) is 37.5 Å². The topological polar surface area (TPSA) is 61.3 Å². The van der Waals surface area contributed by atoms with E-state index in [0.29, 0.717) is 12.0 Å². The second-order valence-corrected chi connectivity index (χ2v) is 4.63. The van der Waals surface area contributed by atoms with Crippen LogP contribution in [0.3, 0.4) is 0 Å². The Hall–Kier alpha value is -2.43. The van der Waals surface area contributed by atoms with E-state index in [1.54, 1.807) is 13.2 Å². The van der Waals surface area contributed by atoms with Gasteiger partial charge in [-0.1, -0.05) is 18.2 Å². The van der Waals surface area contributed by atoms with Crippen LogP contribution in [-0.2, 0) is 12.8 Å². The van der Waals surface area contributed by atoms with Crippen molar-refractivity contribution in [2.24, 2.45) is 0 Å². The van der Waals surface area contributed by atoms with E-state index in [0.717, 1.165) is 23.4 Å². The van der Waals surface area contributed by atoms with Crippen molar-refractivity contribution in [3.63, 3.8) is 0 Å². The number of methoxy groups -OCH3 is 2. The lowest BCUT2D eigenvalue weighted by atomic mass is 10.1. The maximum absolute atomic E-state index is 11.6. The van der Waals surface area contributed by atoms with Gasteiger partial charge in [0.25, 0.3) is 0 Å². The van der Waals surface area contributed by atoms with Crippen molar-refractivity contribution in [3.8, 4) is 11.6 Å². The predicted octanol–water partition coefficient (Wildman–Crippen LogP) is 2.48. The highest BCUT2D eigenvalue weighted by Gasteiger charge is 2.12. The second-order valence-electron chi connectivity index (χ2n) is 4.63. The molecule has 21 heavy (non-hydrogen) atoms. The zero-order valence-electron chi connectivity index (χ0n) is 12.4. The molecule has 0 saturated heterocycles. The van der Waals surface area contributed by atoms with Crippen molar-refractivity contribution in [2.75, 3.05) is 14.2 Å². The van der Waals surface area contributed by atoms with Crippen molar-refractivity contribution < 1.29 is 14.3 Å². The molecule has 0 radical (unpaired) electrons. The van der Waals surface area contributed by atoms with E-state index >= 15 is 0 Å². The van der Waals surface area contributed by atoms with Gasteiger partial charge >= 0.3 is 0 Å². The number of benzene rings is 1. The molecule has 0 atom stereocenters. The van der Waals surface area contributed by atoms with Gasteiger partial charge in [-0.15, -0.1) is 5.10 Å². The summed E-state index contributed by atoms with van der Waals surface area (Å²) in [5.74, 6) is 1.04.